The maximum Gasteiger partial charge on any atom is 0.248 e. The summed E-state index contributed by atoms with van der Waals surface area (Å²) in [5, 5.41) is 2.45. The summed E-state index contributed by atoms with van der Waals surface area (Å²) in [7, 11) is 0. The fourth-order valence-electron chi connectivity index (χ4n) is 1.59. The molecule has 0 saturated carbocycles. The van der Waals surface area contributed by atoms with Crippen molar-refractivity contribution in [3.8, 4) is 0 Å². The van der Waals surface area contributed by atoms with Crippen LogP contribution < -0.4 is 16.8 Å². The number of anilines is 1. The van der Waals surface area contributed by atoms with E-state index in [1.807, 2.05) is 0 Å². The maximum absolute atomic E-state index is 13.5. The molecule has 1 aromatic rings. The number of amides is 2. The lowest BCUT2D eigenvalue weighted by atomic mass is 10.0. The van der Waals surface area contributed by atoms with E-state index in [9.17, 15) is 14.0 Å². The quantitative estimate of drug-likeness (QED) is 0.723. The monoisotopic (exact) mass is 267 g/mol. The van der Waals surface area contributed by atoms with Crippen molar-refractivity contribution in [2.45, 2.75) is 19.8 Å². The Hall–Kier alpha value is -1.95. The topological polar surface area (TPSA) is 98.2 Å². The van der Waals surface area contributed by atoms with Crippen LogP contribution in [0, 0.1) is 11.7 Å². The summed E-state index contributed by atoms with van der Waals surface area (Å²) in [6.07, 6.45) is 1.35. The Morgan fingerprint density at radius 1 is 1.42 bits per heavy atom. The van der Waals surface area contributed by atoms with Crippen LogP contribution in [-0.2, 0) is 4.79 Å². The smallest absolute Gasteiger partial charge is 0.248 e. The maximum atomic E-state index is 13.5. The molecule has 1 atom stereocenters. The Morgan fingerprint density at radius 3 is 2.68 bits per heavy atom. The van der Waals surface area contributed by atoms with Gasteiger partial charge in [0.25, 0.3) is 0 Å². The fourth-order valence-corrected chi connectivity index (χ4v) is 1.59. The van der Waals surface area contributed by atoms with E-state index in [2.05, 4.69) is 5.32 Å². The Labute approximate surface area is 111 Å². The first-order valence-corrected chi connectivity index (χ1v) is 6.06. The fraction of sp³-hybridized carbons (Fsp3) is 0.385. The van der Waals surface area contributed by atoms with Crippen molar-refractivity contribution in [2.24, 2.45) is 17.4 Å². The van der Waals surface area contributed by atoms with Crippen LogP contribution in [-0.4, -0.2) is 18.4 Å². The lowest BCUT2D eigenvalue weighted by Gasteiger charge is -2.12. The molecule has 0 spiro atoms. The molecule has 0 radical (unpaired) electrons. The second-order valence-corrected chi connectivity index (χ2v) is 4.38. The van der Waals surface area contributed by atoms with Crippen LogP contribution in [0.1, 0.15) is 30.1 Å². The van der Waals surface area contributed by atoms with Gasteiger partial charge < -0.3 is 16.8 Å². The molecule has 1 rings (SSSR count). The third-order valence-corrected chi connectivity index (χ3v) is 2.80. The van der Waals surface area contributed by atoms with Crippen LogP contribution in [0.3, 0.4) is 0 Å². The van der Waals surface area contributed by atoms with Gasteiger partial charge in [-0.15, -0.1) is 0 Å². The predicted molar refractivity (Wildman–Crippen MR) is 71.0 cm³/mol. The van der Waals surface area contributed by atoms with Gasteiger partial charge in [-0.2, -0.15) is 0 Å². The second kappa shape index (κ2) is 6.84. The van der Waals surface area contributed by atoms with Gasteiger partial charge in [0.1, 0.15) is 5.82 Å². The summed E-state index contributed by atoms with van der Waals surface area (Å²) >= 11 is 0. The Kier molecular flexibility index (Phi) is 5.44. The summed E-state index contributed by atoms with van der Waals surface area (Å²) in [5.41, 5.74) is 10.6. The van der Waals surface area contributed by atoms with E-state index >= 15 is 0 Å². The molecular formula is C13H18FN3O2. The molecule has 0 bridgehead atoms. The molecular weight excluding hydrogens is 249 g/mol. The van der Waals surface area contributed by atoms with Crippen molar-refractivity contribution >= 4 is 17.5 Å². The van der Waals surface area contributed by atoms with Crippen molar-refractivity contribution in [1.82, 2.24) is 0 Å². The first-order valence-electron chi connectivity index (χ1n) is 6.06. The van der Waals surface area contributed by atoms with Crippen molar-refractivity contribution in [2.75, 3.05) is 11.9 Å². The lowest BCUT2D eigenvalue weighted by molar-refractivity contribution is -0.119. The lowest BCUT2D eigenvalue weighted by Crippen LogP contribution is -2.22. The highest BCUT2D eigenvalue weighted by atomic mass is 19.1. The molecule has 0 aliphatic rings. The summed E-state index contributed by atoms with van der Waals surface area (Å²) < 4.78 is 13.5. The van der Waals surface area contributed by atoms with E-state index in [1.54, 1.807) is 6.92 Å². The van der Waals surface area contributed by atoms with Gasteiger partial charge in [-0.25, -0.2) is 4.39 Å². The van der Waals surface area contributed by atoms with Gasteiger partial charge in [0.05, 0.1) is 5.69 Å². The molecule has 0 aromatic heterocycles. The zero-order chi connectivity index (χ0) is 14.4. The predicted octanol–water partition coefficient (Wildman–Crippen LogP) is 1.24. The van der Waals surface area contributed by atoms with Crippen LogP contribution in [0.4, 0.5) is 10.1 Å². The third-order valence-electron chi connectivity index (χ3n) is 2.80. The highest BCUT2D eigenvalue weighted by Gasteiger charge is 2.15. The molecule has 0 aliphatic heterocycles. The van der Waals surface area contributed by atoms with Crippen molar-refractivity contribution in [3.63, 3.8) is 0 Å². The molecule has 5 N–H and O–H groups in total. The number of nitrogens with one attached hydrogen (secondary N) is 1. The minimum absolute atomic E-state index is 0.0408. The van der Waals surface area contributed by atoms with Gasteiger partial charge >= 0.3 is 0 Å². The number of hydrogen-bond donors (Lipinski definition) is 3. The first-order chi connectivity index (χ1) is 8.95. The van der Waals surface area contributed by atoms with Gasteiger partial charge in [0, 0.05) is 11.5 Å². The van der Waals surface area contributed by atoms with Gasteiger partial charge in [0.15, 0.2) is 0 Å². The number of rotatable bonds is 6. The Bertz CT molecular complexity index is 477. The molecule has 2 amide bonds. The second-order valence-electron chi connectivity index (χ2n) is 4.38. The van der Waals surface area contributed by atoms with Crippen molar-refractivity contribution in [1.29, 1.82) is 0 Å². The molecule has 19 heavy (non-hydrogen) atoms. The van der Waals surface area contributed by atoms with Crippen molar-refractivity contribution in [3.05, 3.63) is 29.6 Å². The standard InChI is InChI=1S/C13H18FN3O2/c1-8(3-2-6-15)13(19)17-11-7-9(12(16)18)4-5-10(11)14/h4-5,7-8H,2-3,6,15H2,1H3,(H2,16,18)(H,17,19). The van der Waals surface area contributed by atoms with Gasteiger partial charge in [-0.3, -0.25) is 9.59 Å². The number of carbonyl (C=O) groups excluding carboxylic acids is 2. The summed E-state index contributed by atoms with van der Waals surface area (Å²) in [5.74, 6) is -1.87. The van der Waals surface area contributed by atoms with E-state index in [1.165, 1.54) is 12.1 Å². The van der Waals surface area contributed by atoms with Crippen molar-refractivity contribution < 1.29 is 14.0 Å². The first kappa shape index (κ1) is 15.1. The molecule has 0 aliphatic carbocycles. The number of halogens is 1. The van der Waals surface area contributed by atoms with E-state index in [-0.39, 0.29) is 23.1 Å². The molecule has 1 aromatic carbocycles. The molecule has 104 valence electrons. The van der Waals surface area contributed by atoms with E-state index in [4.69, 9.17) is 11.5 Å². The zero-order valence-corrected chi connectivity index (χ0v) is 10.8. The molecule has 0 heterocycles. The zero-order valence-electron chi connectivity index (χ0n) is 10.8. The van der Waals surface area contributed by atoms with Gasteiger partial charge in [0.2, 0.25) is 11.8 Å². The normalized spacial score (nSPS) is 11.9. The summed E-state index contributed by atoms with van der Waals surface area (Å²) in [4.78, 5) is 22.8. The molecule has 6 heteroatoms. The molecule has 1 unspecified atom stereocenters. The number of nitrogens with two attached hydrogens (primary N) is 2. The molecule has 0 fully saturated rings. The van der Waals surface area contributed by atoms with E-state index < -0.39 is 11.7 Å². The Balaban J connectivity index is 2.78. The highest BCUT2D eigenvalue weighted by Crippen LogP contribution is 2.18. The van der Waals surface area contributed by atoms with Crippen LogP contribution in [0.25, 0.3) is 0 Å². The molecule has 0 saturated heterocycles. The number of carbonyl (C=O) groups is 2. The SMILES string of the molecule is CC(CCCN)C(=O)Nc1cc(C(N)=O)ccc1F. The number of primary amides is 1. The van der Waals surface area contributed by atoms with Crippen LogP contribution in [0.15, 0.2) is 18.2 Å². The minimum Gasteiger partial charge on any atom is -0.366 e. The number of hydrogen-bond acceptors (Lipinski definition) is 3. The summed E-state index contributed by atoms with van der Waals surface area (Å²) in [6, 6.07) is 3.59. The summed E-state index contributed by atoms with van der Waals surface area (Å²) in [6.45, 7) is 2.24. The third kappa shape index (κ3) is 4.33. The van der Waals surface area contributed by atoms with Gasteiger partial charge in [-0.1, -0.05) is 6.92 Å². The largest absolute Gasteiger partial charge is 0.366 e. The van der Waals surface area contributed by atoms with E-state index in [0.717, 1.165) is 12.5 Å². The average molecular weight is 267 g/mol. The average Bonchev–Trinajstić information content (AvgIpc) is 2.38. The van der Waals surface area contributed by atoms with Crippen LogP contribution in [0.5, 0.6) is 0 Å². The Morgan fingerprint density at radius 2 is 2.11 bits per heavy atom. The molecule has 5 nitrogen and oxygen atoms in total. The highest BCUT2D eigenvalue weighted by molar-refractivity contribution is 5.96. The van der Waals surface area contributed by atoms with Gasteiger partial charge in [-0.05, 0) is 37.6 Å². The van der Waals surface area contributed by atoms with E-state index in [0.29, 0.717) is 13.0 Å². The van der Waals surface area contributed by atoms with Crippen LogP contribution >= 0.6 is 0 Å². The van der Waals surface area contributed by atoms with Crippen LogP contribution in [0.2, 0.25) is 0 Å². The minimum atomic E-state index is -0.674. The number of benzene rings is 1.